The molecule has 1 N–H and O–H groups in total. The molecule has 0 aromatic heterocycles. The molecule has 2 aliphatic heterocycles. The van der Waals surface area contributed by atoms with Crippen molar-refractivity contribution in [1.29, 1.82) is 0 Å². The summed E-state index contributed by atoms with van der Waals surface area (Å²) in [6.45, 7) is 6.81. The first-order chi connectivity index (χ1) is 13.7. The minimum absolute atomic E-state index is 0.0521. The first-order valence-electron chi connectivity index (χ1n) is 9.85. The maximum atomic E-state index is 14.3. The Morgan fingerprint density at radius 1 is 0.897 bits per heavy atom. The Morgan fingerprint density at radius 2 is 1.48 bits per heavy atom. The maximum Gasteiger partial charge on any atom is 0.291 e. The quantitative estimate of drug-likeness (QED) is 0.804. The van der Waals surface area contributed by atoms with Gasteiger partial charge in [0.05, 0.1) is 9.79 Å². The Bertz CT molecular complexity index is 1110. The minimum atomic E-state index is -4.07. The molecule has 0 amide bonds. The van der Waals surface area contributed by atoms with E-state index in [1.54, 1.807) is 28.6 Å². The van der Waals surface area contributed by atoms with Crippen molar-refractivity contribution in [2.45, 2.75) is 36.5 Å². The average molecular weight is 434 g/mol. The second kappa shape index (κ2) is 7.50. The van der Waals surface area contributed by atoms with Gasteiger partial charge in [-0.25, -0.2) is 8.51 Å². The molecular formula is C21H27N3O3S2. The van der Waals surface area contributed by atoms with E-state index in [-0.39, 0.29) is 10.3 Å². The molecule has 1 spiro atoms. The molecule has 2 aromatic carbocycles. The monoisotopic (exact) mass is 433 g/mol. The molecule has 2 aliphatic rings. The minimum Gasteiger partial charge on any atom is -0.316 e. The number of hydrogen-bond acceptors (Lipinski definition) is 4. The van der Waals surface area contributed by atoms with Gasteiger partial charge in [0.1, 0.15) is 0 Å². The smallest absolute Gasteiger partial charge is 0.291 e. The molecule has 2 heterocycles. The zero-order valence-corrected chi connectivity index (χ0v) is 18.4. The second-order valence-corrected chi connectivity index (χ2v) is 12.2. The molecule has 1 unspecified atom stereocenters. The van der Waals surface area contributed by atoms with Crippen LogP contribution in [0.3, 0.4) is 0 Å². The van der Waals surface area contributed by atoms with Gasteiger partial charge in [-0.2, -0.15) is 8.42 Å². The van der Waals surface area contributed by atoms with Crippen LogP contribution in [-0.4, -0.2) is 43.1 Å². The Hall–Kier alpha value is -1.74. The molecule has 156 valence electrons. The number of sulfonamides is 1. The van der Waals surface area contributed by atoms with Crippen molar-refractivity contribution in [2.24, 2.45) is 9.18 Å². The summed E-state index contributed by atoms with van der Waals surface area (Å²) in [5.41, 5.74) is 2.03. The van der Waals surface area contributed by atoms with E-state index in [2.05, 4.69) is 9.08 Å². The highest BCUT2D eigenvalue weighted by molar-refractivity contribution is 8.02. The number of benzene rings is 2. The predicted octanol–water partition coefficient (Wildman–Crippen LogP) is 3.12. The van der Waals surface area contributed by atoms with Crippen molar-refractivity contribution in [3.8, 4) is 0 Å². The van der Waals surface area contributed by atoms with Crippen LogP contribution in [0.25, 0.3) is 0 Å². The lowest BCUT2D eigenvalue weighted by Crippen LogP contribution is -2.33. The van der Waals surface area contributed by atoms with Crippen LogP contribution in [0.2, 0.25) is 0 Å². The van der Waals surface area contributed by atoms with E-state index in [1.165, 1.54) is 12.1 Å². The summed E-state index contributed by atoms with van der Waals surface area (Å²) >= 11 is 0. The van der Waals surface area contributed by atoms with Crippen molar-refractivity contribution in [3.05, 3.63) is 59.7 Å². The van der Waals surface area contributed by atoms with Crippen molar-refractivity contribution in [2.75, 3.05) is 26.2 Å². The Kier molecular flexibility index (Phi) is 5.31. The first-order valence-corrected chi connectivity index (χ1v) is 12.8. The van der Waals surface area contributed by atoms with Gasteiger partial charge in [-0.1, -0.05) is 39.2 Å². The highest BCUT2D eigenvalue weighted by Crippen LogP contribution is 2.39. The van der Waals surface area contributed by atoms with E-state index in [4.69, 9.17) is 0 Å². The van der Waals surface area contributed by atoms with E-state index in [0.29, 0.717) is 18.0 Å². The molecule has 0 aliphatic carbocycles. The van der Waals surface area contributed by atoms with Gasteiger partial charge >= 0.3 is 0 Å². The fraction of sp³-hybridized carbons (Fsp3) is 0.429. The van der Waals surface area contributed by atoms with E-state index in [9.17, 15) is 12.6 Å². The lowest BCUT2D eigenvalue weighted by Gasteiger charge is -2.25. The zero-order valence-electron chi connectivity index (χ0n) is 16.8. The molecule has 0 radical (unpaired) electrons. The van der Waals surface area contributed by atoms with E-state index >= 15 is 0 Å². The van der Waals surface area contributed by atoms with Gasteiger partial charge in [-0.05, 0) is 62.9 Å². The summed E-state index contributed by atoms with van der Waals surface area (Å²) in [5.74, 6) is 0. The van der Waals surface area contributed by atoms with Gasteiger partial charge in [0.2, 0.25) is 0 Å². The first kappa shape index (κ1) is 20.5. The van der Waals surface area contributed by atoms with Gasteiger partial charge < -0.3 is 5.32 Å². The maximum absolute atomic E-state index is 14.3. The number of nitrogens with zero attached hydrogens (tertiary/aromatic N) is 2. The van der Waals surface area contributed by atoms with Crippen LogP contribution < -0.4 is 5.32 Å². The molecule has 2 fully saturated rings. The van der Waals surface area contributed by atoms with Crippen LogP contribution in [0.4, 0.5) is 0 Å². The second-order valence-electron chi connectivity index (χ2n) is 8.21. The number of rotatable bonds is 4. The lowest BCUT2D eigenvalue weighted by molar-refractivity contribution is 0.342. The van der Waals surface area contributed by atoms with E-state index < -0.39 is 19.9 Å². The summed E-state index contributed by atoms with van der Waals surface area (Å²) < 4.78 is 46.3. The molecular weight excluding hydrogens is 406 g/mol. The summed E-state index contributed by atoms with van der Waals surface area (Å²) in [6.07, 6.45) is 1.90. The molecule has 8 heteroatoms. The van der Waals surface area contributed by atoms with Crippen molar-refractivity contribution < 1.29 is 12.6 Å². The predicted molar refractivity (Wildman–Crippen MR) is 114 cm³/mol. The Morgan fingerprint density at radius 3 is 2.03 bits per heavy atom. The Balaban J connectivity index is 1.82. The highest BCUT2D eigenvalue weighted by Gasteiger charge is 2.44. The normalized spacial score (nSPS) is 24.6. The fourth-order valence-electron chi connectivity index (χ4n) is 4.09. The Labute approximate surface area is 173 Å². The van der Waals surface area contributed by atoms with Crippen LogP contribution >= 0.6 is 0 Å². The van der Waals surface area contributed by atoms with E-state index in [0.717, 1.165) is 37.1 Å². The topological polar surface area (TPSA) is 78.8 Å². The van der Waals surface area contributed by atoms with Crippen molar-refractivity contribution >= 4 is 19.9 Å². The molecule has 2 atom stereocenters. The molecule has 0 bridgehead atoms. The van der Waals surface area contributed by atoms with Crippen LogP contribution in [0.1, 0.15) is 24.0 Å². The van der Waals surface area contributed by atoms with Crippen molar-refractivity contribution in [3.63, 3.8) is 0 Å². The van der Waals surface area contributed by atoms with Gasteiger partial charge in [0, 0.05) is 19.6 Å². The van der Waals surface area contributed by atoms with Crippen LogP contribution in [0.5, 0.6) is 0 Å². The third-order valence-corrected chi connectivity index (χ3v) is 10.3. The molecule has 2 aromatic rings. The number of aryl methyl sites for hydroxylation is 2. The summed E-state index contributed by atoms with van der Waals surface area (Å²) in [5, 5.41) is 3.39. The number of nitrogens with one attached hydrogen (secondary N) is 1. The van der Waals surface area contributed by atoms with Gasteiger partial charge in [0.15, 0.2) is 9.92 Å². The zero-order chi connectivity index (χ0) is 20.7. The SMILES string of the molecule is Cc1ccc(S(=O)(=O)N=[S@@](=O)(c2ccc(C)cc2)N2CCC3(CCNC3)C2)cc1. The van der Waals surface area contributed by atoms with Gasteiger partial charge in [0.25, 0.3) is 10.0 Å². The summed E-state index contributed by atoms with van der Waals surface area (Å²) in [6, 6.07) is 13.7. The lowest BCUT2D eigenvalue weighted by atomic mass is 9.87. The summed E-state index contributed by atoms with van der Waals surface area (Å²) in [4.78, 5) is 0.515. The fourth-order valence-corrected chi connectivity index (χ4v) is 8.28. The average Bonchev–Trinajstić information content (AvgIpc) is 3.32. The van der Waals surface area contributed by atoms with Gasteiger partial charge in [-0.3, -0.25) is 0 Å². The van der Waals surface area contributed by atoms with Crippen LogP contribution in [0.15, 0.2) is 62.1 Å². The molecule has 29 heavy (non-hydrogen) atoms. The highest BCUT2D eigenvalue weighted by atomic mass is 32.3. The molecule has 6 nitrogen and oxygen atoms in total. The standard InChI is InChI=1S/C21H27N3O3S2/c1-17-3-7-19(8-4-17)28(25,24-14-12-21(16-24)11-13-22-15-21)23-29(26,27)20-9-5-18(2)6-10-20/h3-10,22H,11-16H2,1-2H3/t21?,28-/m0/s1. The van der Waals surface area contributed by atoms with Crippen molar-refractivity contribution in [1.82, 2.24) is 9.62 Å². The third-order valence-electron chi connectivity index (χ3n) is 5.93. The third kappa shape index (κ3) is 3.99. The molecule has 0 saturated carbocycles. The summed E-state index contributed by atoms with van der Waals surface area (Å²) in [7, 11) is -7.37. The van der Waals surface area contributed by atoms with E-state index in [1.807, 2.05) is 26.0 Å². The van der Waals surface area contributed by atoms with Gasteiger partial charge in [-0.15, -0.1) is 0 Å². The molecule has 2 saturated heterocycles. The molecule has 4 rings (SSSR count). The van der Waals surface area contributed by atoms with Crippen LogP contribution in [0, 0.1) is 19.3 Å². The van der Waals surface area contributed by atoms with Crippen LogP contribution in [-0.2, 0) is 19.9 Å². The number of hydrogen-bond donors (Lipinski definition) is 1. The largest absolute Gasteiger partial charge is 0.316 e.